The van der Waals surface area contributed by atoms with Crippen LogP contribution in [-0.4, -0.2) is 34.9 Å². The maximum atomic E-state index is 11.7. The van der Waals surface area contributed by atoms with E-state index in [1.165, 1.54) is 6.92 Å². The van der Waals surface area contributed by atoms with Crippen molar-refractivity contribution in [2.45, 2.75) is 13.3 Å². The lowest BCUT2D eigenvalue weighted by Gasteiger charge is -2.07. The molecule has 3 amide bonds. The van der Waals surface area contributed by atoms with Crippen LogP contribution >= 0.6 is 11.8 Å². The Kier molecular flexibility index (Phi) is 4.72. The molecule has 1 aliphatic heterocycles. The van der Waals surface area contributed by atoms with Gasteiger partial charge in [0.1, 0.15) is 16.9 Å². The summed E-state index contributed by atoms with van der Waals surface area (Å²) in [4.78, 5) is 34.8. The van der Waals surface area contributed by atoms with E-state index in [2.05, 4.69) is 5.32 Å². The van der Waals surface area contributed by atoms with E-state index in [0.717, 1.165) is 16.7 Å². The zero-order chi connectivity index (χ0) is 12.8. The summed E-state index contributed by atoms with van der Waals surface area (Å²) >= 11 is 1.07. The Labute approximate surface area is 103 Å². The third-order valence-corrected chi connectivity index (χ3v) is 2.54. The molecular formula is C10H11N3O3S. The number of imide groups is 1. The maximum Gasteiger partial charge on any atom is 0.329 e. The van der Waals surface area contributed by atoms with Crippen molar-refractivity contribution in [3.05, 3.63) is 11.8 Å². The number of carbonyl (C=O) groups excluding carboxylic acids is 3. The molecular weight excluding hydrogens is 242 g/mol. The molecule has 0 atom stereocenters. The Morgan fingerprint density at radius 3 is 2.88 bits per heavy atom. The van der Waals surface area contributed by atoms with Gasteiger partial charge in [-0.05, 0) is 25.1 Å². The first-order valence-corrected chi connectivity index (χ1v) is 5.88. The molecule has 0 bridgehead atoms. The highest BCUT2D eigenvalue weighted by Crippen LogP contribution is 2.11. The van der Waals surface area contributed by atoms with E-state index >= 15 is 0 Å². The van der Waals surface area contributed by atoms with Crippen LogP contribution in [0.5, 0.6) is 0 Å². The molecule has 0 aliphatic carbocycles. The lowest BCUT2D eigenvalue weighted by atomic mass is 10.3. The minimum atomic E-state index is -0.579. The number of nitriles is 1. The Morgan fingerprint density at radius 2 is 2.29 bits per heavy atom. The van der Waals surface area contributed by atoms with E-state index in [1.807, 2.05) is 5.40 Å². The van der Waals surface area contributed by atoms with Gasteiger partial charge in [-0.3, -0.25) is 14.5 Å². The van der Waals surface area contributed by atoms with Gasteiger partial charge in [-0.15, -0.1) is 0 Å². The van der Waals surface area contributed by atoms with Crippen LogP contribution < -0.4 is 5.32 Å². The second kappa shape index (κ2) is 6.06. The molecule has 90 valence electrons. The Hall–Kier alpha value is -1.81. The Bertz CT molecular complexity index is 425. The van der Waals surface area contributed by atoms with Crippen molar-refractivity contribution in [3.8, 4) is 5.40 Å². The molecule has 6 nitrogen and oxygen atoms in total. The third-order valence-electron chi connectivity index (χ3n) is 1.98. The van der Waals surface area contributed by atoms with Crippen LogP contribution in [0, 0.1) is 10.7 Å². The summed E-state index contributed by atoms with van der Waals surface area (Å²) < 4.78 is 0. The molecule has 17 heavy (non-hydrogen) atoms. The van der Waals surface area contributed by atoms with Gasteiger partial charge >= 0.3 is 6.03 Å². The highest BCUT2D eigenvalue weighted by Gasteiger charge is 2.33. The van der Waals surface area contributed by atoms with Crippen molar-refractivity contribution in [2.75, 3.05) is 12.3 Å². The summed E-state index contributed by atoms with van der Waals surface area (Å²) in [5.41, 5.74) is 0.176. The fraction of sp³-hybridized carbons (Fsp3) is 0.400. The van der Waals surface area contributed by atoms with Crippen LogP contribution in [0.4, 0.5) is 4.79 Å². The molecule has 0 radical (unpaired) electrons. The fourth-order valence-electron chi connectivity index (χ4n) is 1.29. The smallest absolute Gasteiger partial charge is 0.303 e. The Balaban J connectivity index is 2.61. The van der Waals surface area contributed by atoms with Gasteiger partial charge in [0.15, 0.2) is 0 Å². The number of amides is 3. The molecule has 1 aliphatic rings. The van der Waals surface area contributed by atoms with Gasteiger partial charge < -0.3 is 5.32 Å². The number of allylic oxidation sites excluding steroid dienone is 1. The number of Topliss-reactive ketones (excluding diaryl/α,β-unsaturated/α-hetero) is 1. The van der Waals surface area contributed by atoms with Crippen LogP contribution in [-0.2, 0) is 9.59 Å². The number of hydrogen-bond acceptors (Lipinski definition) is 5. The summed E-state index contributed by atoms with van der Waals surface area (Å²) in [6.07, 6.45) is 2.07. The number of nitrogens with zero attached hydrogens (tertiary/aromatic N) is 2. The normalized spacial score (nSPS) is 17.2. The molecule has 1 saturated heterocycles. The molecule has 1 heterocycles. The fourth-order valence-corrected chi connectivity index (χ4v) is 1.61. The van der Waals surface area contributed by atoms with E-state index in [9.17, 15) is 14.4 Å². The summed E-state index contributed by atoms with van der Waals surface area (Å²) in [5.74, 6) is -0.197. The summed E-state index contributed by atoms with van der Waals surface area (Å²) in [7, 11) is 0. The number of urea groups is 1. The number of ketones is 1. The average Bonchev–Trinajstić information content (AvgIpc) is 2.52. The van der Waals surface area contributed by atoms with E-state index < -0.39 is 11.9 Å². The third kappa shape index (κ3) is 3.60. The molecule has 0 aromatic heterocycles. The predicted molar refractivity (Wildman–Crippen MR) is 61.7 cm³/mol. The van der Waals surface area contributed by atoms with Crippen molar-refractivity contribution in [1.29, 1.82) is 5.26 Å². The minimum absolute atomic E-state index is 0.176. The summed E-state index contributed by atoms with van der Waals surface area (Å²) in [5, 5.41) is 12.6. The topological polar surface area (TPSA) is 90.3 Å². The van der Waals surface area contributed by atoms with Crippen molar-refractivity contribution in [3.63, 3.8) is 0 Å². The highest BCUT2D eigenvalue weighted by molar-refractivity contribution is 8.03. The van der Waals surface area contributed by atoms with Crippen LogP contribution in [0.15, 0.2) is 11.8 Å². The first kappa shape index (κ1) is 13.3. The number of thioether (sulfide) groups is 1. The lowest BCUT2D eigenvalue weighted by molar-refractivity contribution is -0.127. The van der Waals surface area contributed by atoms with Gasteiger partial charge in [0.2, 0.25) is 0 Å². The minimum Gasteiger partial charge on any atom is -0.303 e. The van der Waals surface area contributed by atoms with Gasteiger partial charge in [-0.1, -0.05) is 6.08 Å². The largest absolute Gasteiger partial charge is 0.329 e. The van der Waals surface area contributed by atoms with Gasteiger partial charge in [-0.25, -0.2) is 4.79 Å². The highest BCUT2D eigenvalue weighted by atomic mass is 32.2. The molecule has 0 aromatic rings. The van der Waals surface area contributed by atoms with Gasteiger partial charge in [0.05, 0.1) is 6.54 Å². The average molecular weight is 253 g/mol. The number of hydrogen-bond donors (Lipinski definition) is 1. The van der Waals surface area contributed by atoms with E-state index in [4.69, 9.17) is 5.26 Å². The van der Waals surface area contributed by atoms with E-state index in [0.29, 0.717) is 12.2 Å². The Morgan fingerprint density at radius 1 is 1.59 bits per heavy atom. The first-order chi connectivity index (χ1) is 8.06. The molecule has 0 saturated carbocycles. The van der Waals surface area contributed by atoms with Crippen molar-refractivity contribution >= 4 is 29.5 Å². The van der Waals surface area contributed by atoms with Crippen LogP contribution in [0.25, 0.3) is 0 Å². The van der Waals surface area contributed by atoms with Crippen LogP contribution in [0.2, 0.25) is 0 Å². The number of carbonyl (C=O) groups is 3. The SMILES string of the molecule is CC(=O)CN1C(=O)N/C(=C\CCSC#N)C1=O. The molecule has 7 heteroatoms. The zero-order valence-electron chi connectivity index (χ0n) is 9.23. The first-order valence-electron chi connectivity index (χ1n) is 4.89. The van der Waals surface area contributed by atoms with Crippen LogP contribution in [0.1, 0.15) is 13.3 Å². The molecule has 1 rings (SSSR count). The number of nitrogens with one attached hydrogen (secondary N) is 1. The monoisotopic (exact) mass is 253 g/mol. The van der Waals surface area contributed by atoms with Gasteiger partial charge in [-0.2, -0.15) is 5.26 Å². The lowest BCUT2D eigenvalue weighted by Crippen LogP contribution is -2.34. The quantitative estimate of drug-likeness (QED) is 0.335. The van der Waals surface area contributed by atoms with Gasteiger partial charge in [0, 0.05) is 5.75 Å². The molecule has 0 unspecified atom stereocenters. The number of rotatable bonds is 5. The van der Waals surface area contributed by atoms with E-state index in [1.54, 1.807) is 6.08 Å². The molecule has 1 fully saturated rings. The standard InChI is InChI=1S/C10H11N3O3S/c1-7(14)5-13-9(15)8(12-10(13)16)3-2-4-17-6-11/h3H,2,4-5H2,1H3,(H,12,16)/b8-3-. The molecule has 1 N–H and O–H groups in total. The van der Waals surface area contributed by atoms with E-state index in [-0.39, 0.29) is 18.0 Å². The second-order valence-corrected chi connectivity index (χ2v) is 4.25. The van der Waals surface area contributed by atoms with Crippen molar-refractivity contribution in [2.24, 2.45) is 0 Å². The second-order valence-electron chi connectivity index (χ2n) is 3.37. The molecule has 0 spiro atoms. The van der Waals surface area contributed by atoms with Crippen molar-refractivity contribution < 1.29 is 14.4 Å². The van der Waals surface area contributed by atoms with Gasteiger partial charge in [0.25, 0.3) is 5.91 Å². The van der Waals surface area contributed by atoms with Crippen molar-refractivity contribution in [1.82, 2.24) is 10.2 Å². The summed E-state index contributed by atoms with van der Waals surface area (Å²) in [6.45, 7) is 1.10. The maximum absolute atomic E-state index is 11.7. The number of thiocyanates is 1. The predicted octanol–water partition coefficient (Wildman–Crippen LogP) is 0.615. The zero-order valence-corrected chi connectivity index (χ0v) is 10.0. The molecule has 0 aromatic carbocycles. The van der Waals surface area contributed by atoms with Crippen LogP contribution in [0.3, 0.4) is 0 Å². The summed E-state index contributed by atoms with van der Waals surface area (Å²) in [6, 6.07) is -0.579.